The number of fused-ring (bicyclic) bond motifs is 1. The van der Waals surface area contributed by atoms with Crippen LogP contribution in [0.15, 0.2) is 41.1 Å². The van der Waals surface area contributed by atoms with E-state index in [0.29, 0.717) is 36.4 Å². The van der Waals surface area contributed by atoms with Gasteiger partial charge in [0.15, 0.2) is 11.5 Å². The molecule has 1 fully saturated rings. The molecule has 0 bridgehead atoms. The highest BCUT2D eigenvalue weighted by Crippen LogP contribution is 2.36. The lowest BCUT2D eigenvalue weighted by Gasteiger charge is -2.21. The molecule has 0 spiro atoms. The highest BCUT2D eigenvalue weighted by molar-refractivity contribution is 5.51. The average Bonchev–Trinajstić information content (AvgIpc) is 3.54. The van der Waals surface area contributed by atoms with E-state index in [0.717, 1.165) is 37.4 Å². The van der Waals surface area contributed by atoms with Gasteiger partial charge in [-0.3, -0.25) is 9.88 Å². The van der Waals surface area contributed by atoms with Crippen LogP contribution in [0.4, 0.5) is 0 Å². The van der Waals surface area contributed by atoms with Gasteiger partial charge in [-0.1, -0.05) is 11.2 Å². The Morgan fingerprint density at radius 1 is 1.13 bits per heavy atom. The molecule has 31 heavy (non-hydrogen) atoms. The van der Waals surface area contributed by atoms with Gasteiger partial charge in [0.2, 0.25) is 18.5 Å². The number of nitrogens with zero attached hydrogens (tertiary/aromatic N) is 4. The summed E-state index contributed by atoms with van der Waals surface area (Å²) in [6, 6.07) is 9.75. The van der Waals surface area contributed by atoms with Crippen LogP contribution >= 0.6 is 0 Å². The van der Waals surface area contributed by atoms with Crippen molar-refractivity contribution in [1.29, 1.82) is 0 Å². The van der Waals surface area contributed by atoms with Crippen molar-refractivity contribution in [3.63, 3.8) is 0 Å². The van der Waals surface area contributed by atoms with Crippen LogP contribution in [0.1, 0.15) is 30.3 Å². The quantitative estimate of drug-likeness (QED) is 0.505. The normalized spacial score (nSPS) is 17.9. The first-order valence-electron chi connectivity index (χ1n) is 10.3. The Balaban J connectivity index is 1.29. The van der Waals surface area contributed by atoms with Gasteiger partial charge in [-0.25, -0.2) is 0 Å². The second kappa shape index (κ2) is 8.91. The molecule has 0 saturated carbocycles. The summed E-state index contributed by atoms with van der Waals surface area (Å²) >= 11 is 0. The maximum atomic E-state index is 5.65. The van der Waals surface area contributed by atoms with Crippen LogP contribution in [0.3, 0.4) is 0 Å². The Morgan fingerprint density at radius 3 is 3.00 bits per heavy atom. The molecular weight excluding hydrogens is 400 g/mol. The minimum atomic E-state index is 0.0767. The number of methoxy groups -OCH3 is 1. The van der Waals surface area contributed by atoms with Gasteiger partial charge in [0.05, 0.1) is 12.6 Å². The first-order chi connectivity index (χ1) is 15.3. The first kappa shape index (κ1) is 19.8. The van der Waals surface area contributed by atoms with Crippen LogP contribution in [0.25, 0.3) is 11.5 Å². The van der Waals surface area contributed by atoms with Crippen molar-refractivity contribution in [2.24, 2.45) is 0 Å². The zero-order valence-corrected chi connectivity index (χ0v) is 17.3. The number of rotatable bonds is 8. The van der Waals surface area contributed by atoms with Crippen LogP contribution in [0, 0.1) is 0 Å². The lowest BCUT2D eigenvalue weighted by atomic mass is 10.1. The predicted octanol–water partition coefficient (Wildman–Crippen LogP) is 3.22. The third-order valence-electron chi connectivity index (χ3n) is 5.43. The summed E-state index contributed by atoms with van der Waals surface area (Å²) < 4.78 is 27.2. The van der Waals surface area contributed by atoms with Gasteiger partial charge < -0.3 is 23.5 Å². The fourth-order valence-corrected chi connectivity index (χ4v) is 3.91. The summed E-state index contributed by atoms with van der Waals surface area (Å²) in [4.78, 5) is 11.4. The van der Waals surface area contributed by atoms with E-state index in [1.807, 2.05) is 18.2 Å². The van der Waals surface area contributed by atoms with E-state index < -0.39 is 0 Å². The van der Waals surface area contributed by atoms with Crippen molar-refractivity contribution in [1.82, 2.24) is 20.0 Å². The lowest BCUT2D eigenvalue weighted by Crippen LogP contribution is -2.23. The van der Waals surface area contributed by atoms with E-state index in [4.69, 9.17) is 23.5 Å². The molecule has 9 nitrogen and oxygen atoms in total. The molecule has 0 radical (unpaired) electrons. The minimum absolute atomic E-state index is 0.0767. The fourth-order valence-electron chi connectivity index (χ4n) is 3.91. The molecule has 0 N–H and O–H groups in total. The number of likely N-dealkylation sites (tertiary alicyclic amines) is 1. The van der Waals surface area contributed by atoms with Gasteiger partial charge >= 0.3 is 0 Å². The molecule has 5 rings (SSSR count). The zero-order chi connectivity index (χ0) is 21.0. The van der Waals surface area contributed by atoms with Crippen molar-refractivity contribution >= 4 is 0 Å². The molecule has 0 amide bonds. The van der Waals surface area contributed by atoms with E-state index in [-0.39, 0.29) is 12.8 Å². The Morgan fingerprint density at radius 2 is 2.06 bits per heavy atom. The van der Waals surface area contributed by atoms with E-state index in [1.165, 1.54) is 5.56 Å². The summed E-state index contributed by atoms with van der Waals surface area (Å²) in [5.74, 6) is 3.36. The number of pyridine rings is 1. The fraction of sp³-hybridized carbons (Fsp3) is 0.409. The van der Waals surface area contributed by atoms with Crippen molar-refractivity contribution in [2.75, 3.05) is 33.7 Å². The van der Waals surface area contributed by atoms with E-state index >= 15 is 0 Å². The van der Waals surface area contributed by atoms with Crippen LogP contribution in [-0.2, 0) is 11.3 Å². The molecule has 1 atom stereocenters. The van der Waals surface area contributed by atoms with Crippen molar-refractivity contribution in [3.05, 3.63) is 48.0 Å². The number of ether oxygens (including phenoxy) is 4. The van der Waals surface area contributed by atoms with Gasteiger partial charge in [-0.05, 0) is 43.1 Å². The number of hydrogen-bond acceptors (Lipinski definition) is 9. The monoisotopic (exact) mass is 424 g/mol. The Hall–Kier alpha value is -3.17. The molecule has 9 heteroatoms. The van der Waals surface area contributed by atoms with E-state index in [9.17, 15) is 0 Å². The molecule has 2 aromatic heterocycles. The number of aromatic nitrogens is 3. The molecule has 1 unspecified atom stereocenters. The van der Waals surface area contributed by atoms with E-state index in [2.05, 4.69) is 26.1 Å². The summed E-state index contributed by atoms with van der Waals surface area (Å²) in [6.45, 7) is 3.01. The third-order valence-corrected chi connectivity index (χ3v) is 5.43. The average molecular weight is 424 g/mol. The standard InChI is InChI=1S/C22H24N4O5/c1-27-9-10-28-16-6-7-23-17(12-16)21-24-22(31-25-21)18-3-2-8-26(18)13-15-4-5-19-20(11-15)30-14-29-19/h4-7,11-12,18H,2-3,8-10,13-14H2,1H3. The summed E-state index contributed by atoms with van der Waals surface area (Å²) in [5.41, 5.74) is 1.78. The molecule has 162 valence electrons. The zero-order valence-electron chi connectivity index (χ0n) is 17.3. The summed E-state index contributed by atoms with van der Waals surface area (Å²) in [5, 5.41) is 4.17. The van der Waals surface area contributed by atoms with Crippen LogP contribution in [0.2, 0.25) is 0 Å². The molecule has 2 aliphatic heterocycles. The molecular formula is C22H24N4O5. The molecule has 2 aliphatic rings. The highest BCUT2D eigenvalue weighted by Gasteiger charge is 2.31. The van der Waals surface area contributed by atoms with E-state index in [1.54, 1.807) is 19.4 Å². The molecule has 1 aromatic carbocycles. The Bertz CT molecular complexity index is 1040. The van der Waals surface area contributed by atoms with Gasteiger partial charge in [0, 0.05) is 25.9 Å². The van der Waals surface area contributed by atoms with Crippen molar-refractivity contribution < 1.29 is 23.5 Å². The maximum Gasteiger partial charge on any atom is 0.244 e. The molecule has 0 aliphatic carbocycles. The van der Waals surface area contributed by atoms with Crippen LogP contribution < -0.4 is 14.2 Å². The molecule has 1 saturated heterocycles. The SMILES string of the molecule is COCCOc1ccnc(-c2noc(C3CCCN3Cc3ccc4c(c3)OCO4)n2)c1. The number of hydrogen-bond donors (Lipinski definition) is 0. The largest absolute Gasteiger partial charge is 0.491 e. The second-order valence-electron chi connectivity index (χ2n) is 7.49. The van der Waals surface area contributed by atoms with Crippen LogP contribution in [-0.4, -0.2) is 53.7 Å². The lowest BCUT2D eigenvalue weighted by molar-refractivity contribution is 0.146. The summed E-state index contributed by atoms with van der Waals surface area (Å²) in [6.07, 6.45) is 3.72. The Kier molecular flexibility index (Phi) is 5.68. The summed E-state index contributed by atoms with van der Waals surface area (Å²) in [7, 11) is 1.64. The van der Waals surface area contributed by atoms with Crippen molar-refractivity contribution in [3.8, 4) is 28.8 Å². The minimum Gasteiger partial charge on any atom is -0.491 e. The van der Waals surface area contributed by atoms with Crippen molar-refractivity contribution in [2.45, 2.75) is 25.4 Å². The second-order valence-corrected chi connectivity index (χ2v) is 7.49. The van der Waals surface area contributed by atoms with Gasteiger partial charge in [-0.15, -0.1) is 0 Å². The van der Waals surface area contributed by atoms with Crippen LogP contribution in [0.5, 0.6) is 17.2 Å². The number of benzene rings is 1. The molecule has 3 aromatic rings. The van der Waals surface area contributed by atoms with Gasteiger partial charge in [-0.2, -0.15) is 4.98 Å². The predicted molar refractivity (Wildman–Crippen MR) is 110 cm³/mol. The first-order valence-corrected chi connectivity index (χ1v) is 10.3. The van der Waals surface area contributed by atoms with Gasteiger partial charge in [0.25, 0.3) is 0 Å². The maximum absolute atomic E-state index is 5.65. The molecule has 4 heterocycles. The van der Waals surface area contributed by atoms with Gasteiger partial charge in [0.1, 0.15) is 18.1 Å². The topological polar surface area (TPSA) is 92.0 Å². The third kappa shape index (κ3) is 4.33. The highest BCUT2D eigenvalue weighted by atomic mass is 16.7. The smallest absolute Gasteiger partial charge is 0.244 e. The Labute approximate surface area is 179 Å².